The number of benzene rings is 1. The largest absolute Gasteiger partial charge is 0.444 e. The Labute approximate surface area is 99.7 Å². The molecule has 2 aromatic rings. The molecule has 0 amide bonds. The van der Waals surface area contributed by atoms with E-state index in [-0.39, 0.29) is 5.82 Å². The van der Waals surface area contributed by atoms with Crippen LogP contribution in [0.5, 0.6) is 0 Å². The van der Waals surface area contributed by atoms with Crippen LogP contribution in [0.1, 0.15) is 22.9 Å². The van der Waals surface area contributed by atoms with Crippen molar-refractivity contribution >= 4 is 5.69 Å². The molecule has 1 aromatic carbocycles. The highest BCUT2D eigenvalue weighted by Gasteiger charge is 2.05. The zero-order valence-corrected chi connectivity index (χ0v) is 10.2. The van der Waals surface area contributed by atoms with Crippen LogP contribution in [0.2, 0.25) is 0 Å². The van der Waals surface area contributed by atoms with Crippen LogP contribution in [-0.2, 0) is 6.54 Å². The fourth-order valence-corrected chi connectivity index (χ4v) is 1.50. The lowest BCUT2D eigenvalue weighted by Crippen LogP contribution is -2.00. The molecule has 17 heavy (non-hydrogen) atoms. The van der Waals surface area contributed by atoms with E-state index in [9.17, 15) is 4.39 Å². The lowest BCUT2D eigenvalue weighted by atomic mass is 10.2. The monoisotopic (exact) mass is 234 g/mol. The number of oxazole rings is 1. The normalized spacial score (nSPS) is 10.6. The zero-order valence-electron chi connectivity index (χ0n) is 10.2. The molecule has 90 valence electrons. The minimum atomic E-state index is -0.213. The van der Waals surface area contributed by atoms with Crippen LogP contribution in [0.4, 0.5) is 10.1 Å². The van der Waals surface area contributed by atoms with Gasteiger partial charge in [-0.2, -0.15) is 0 Å². The average molecular weight is 234 g/mol. The molecule has 0 unspecified atom stereocenters. The van der Waals surface area contributed by atoms with Crippen LogP contribution in [0.15, 0.2) is 22.6 Å². The molecule has 1 heterocycles. The summed E-state index contributed by atoms with van der Waals surface area (Å²) in [5, 5.41) is 3.07. The summed E-state index contributed by atoms with van der Waals surface area (Å²) in [4.78, 5) is 4.24. The first kappa shape index (κ1) is 11.6. The van der Waals surface area contributed by atoms with E-state index in [1.165, 1.54) is 6.07 Å². The van der Waals surface area contributed by atoms with Gasteiger partial charge >= 0.3 is 0 Å². The Morgan fingerprint density at radius 3 is 2.65 bits per heavy atom. The molecule has 0 saturated carbocycles. The highest BCUT2D eigenvalue weighted by atomic mass is 19.1. The van der Waals surface area contributed by atoms with Gasteiger partial charge in [0.1, 0.15) is 11.6 Å². The van der Waals surface area contributed by atoms with E-state index >= 15 is 0 Å². The van der Waals surface area contributed by atoms with Crippen LogP contribution in [0.3, 0.4) is 0 Å². The second-order valence-corrected chi connectivity index (χ2v) is 4.07. The molecule has 0 aliphatic heterocycles. The number of halogens is 1. The lowest BCUT2D eigenvalue weighted by Gasteiger charge is -2.04. The SMILES string of the molecule is Cc1ccc(NCc2nc(C)c(C)o2)cc1F. The van der Waals surface area contributed by atoms with Crippen molar-refractivity contribution < 1.29 is 8.81 Å². The third-order valence-corrected chi connectivity index (χ3v) is 2.69. The number of hydrogen-bond acceptors (Lipinski definition) is 3. The molecule has 1 aromatic heterocycles. The minimum Gasteiger partial charge on any atom is -0.444 e. The van der Waals surface area contributed by atoms with Crippen molar-refractivity contribution in [1.29, 1.82) is 0 Å². The fraction of sp³-hybridized carbons (Fsp3) is 0.308. The number of nitrogens with zero attached hydrogens (tertiary/aromatic N) is 1. The van der Waals surface area contributed by atoms with Crippen LogP contribution in [0, 0.1) is 26.6 Å². The van der Waals surface area contributed by atoms with Gasteiger partial charge in [0.2, 0.25) is 5.89 Å². The first-order valence-corrected chi connectivity index (χ1v) is 5.49. The summed E-state index contributed by atoms with van der Waals surface area (Å²) < 4.78 is 18.7. The summed E-state index contributed by atoms with van der Waals surface area (Å²) in [7, 11) is 0. The number of aryl methyl sites for hydroxylation is 3. The maximum absolute atomic E-state index is 13.3. The molecule has 0 bridgehead atoms. The van der Waals surface area contributed by atoms with Crippen molar-refractivity contribution in [2.24, 2.45) is 0 Å². The highest BCUT2D eigenvalue weighted by molar-refractivity contribution is 5.45. The van der Waals surface area contributed by atoms with Crippen molar-refractivity contribution in [3.63, 3.8) is 0 Å². The van der Waals surface area contributed by atoms with Crippen molar-refractivity contribution in [2.45, 2.75) is 27.3 Å². The van der Waals surface area contributed by atoms with Gasteiger partial charge < -0.3 is 9.73 Å². The molecule has 0 radical (unpaired) electrons. The fourth-order valence-electron chi connectivity index (χ4n) is 1.50. The van der Waals surface area contributed by atoms with Gasteiger partial charge in [-0.3, -0.25) is 0 Å². The van der Waals surface area contributed by atoms with Crippen LogP contribution >= 0.6 is 0 Å². The Balaban J connectivity index is 2.04. The van der Waals surface area contributed by atoms with E-state index in [1.54, 1.807) is 13.0 Å². The van der Waals surface area contributed by atoms with E-state index < -0.39 is 0 Å². The summed E-state index contributed by atoms with van der Waals surface area (Å²) >= 11 is 0. The van der Waals surface area contributed by atoms with E-state index in [2.05, 4.69) is 10.3 Å². The van der Waals surface area contributed by atoms with Gasteiger partial charge in [0.05, 0.1) is 12.2 Å². The van der Waals surface area contributed by atoms with Crippen molar-refractivity contribution in [3.05, 3.63) is 46.9 Å². The molecule has 0 aliphatic rings. The van der Waals surface area contributed by atoms with E-state index in [0.717, 1.165) is 17.1 Å². The number of anilines is 1. The second-order valence-electron chi connectivity index (χ2n) is 4.07. The lowest BCUT2D eigenvalue weighted by molar-refractivity contribution is 0.478. The van der Waals surface area contributed by atoms with E-state index in [1.807, 2.05) is 19.9 Å². The smallest absolute Gasteiger partial charge is 0.213 e. The van der Waals surface area contributed by atoms with Crippen molar-refractivity contribution in [2.75, 3.05) is 5.32 Å². The Bertz CT molecular complexity index is 515. The average Bonchev–Trinajstić information content (AvgIpc) is 2.60. The van der Waals surface area contributed by atoms with Crippen molar-refractivity contribution in [1.82, 2.24) is 4.98 Å². The van der Waals surface area contributed by atoms with Crippen LogP contribution in [-0.4, -0.2) is 4.98 Å². The highest BCUT2D eigenvalue weighted by Crippen LogP contribution is 2.15. The molecule has 3 nitrogen and oxygen atoms in total. The summed E-state index contributed by atoms with van der Waals surface area (Å²) in [5.41, 5.74) is 2.25. The predicted molar refractivity (Wildman–Crippen MR) is 64.4 cm³/mol. The van der Waals surface area contributed by atoms with Gasteiger partial charge in [-0.05, 0) is 38.5 Å². The van der Waals surface area contributed by atoms with Crippen LogP contribution < -0.4 is 5.32 Å². The van der Waals surface area contributed by atoms with E-state index in [0.29, 0.717) is 18.0 Å². The zero-order chi connectivity index (χ0) is 12.4. The van der Waals surface area contributed by atoms with Gasteiger partial charge in [0.15, 0.2) is 0 Å². The Hall–Kier alpha value is -1.84. The van der Waals surface area contributed by atoms with Gasteiger partial charge in [0, 0.05) is 5.69 Å². The maximum Gasteiger partial charge on any atom is 0.213 e. The molecule has 0 atom stereocenters. The quantitative estimate of drug-likeness (QED) is 0.885. The van der Waals surface area contributed by atoms with Gasteiger partial charge in [0.25, 0.3) is 0 Å². The summed E-state index contributed by atoms with van der Waals surface area (Å²) in [6, 6.07) is 5.04. The standard InChI is InChI=1S/C13H15FN2O/c1-8-4-5-11(6-12(8)14)15-7-13-16-9(2)10(3)17-13/h4-6,15H,7H2,1-3H3. The number of nitrogens with one attached hydrogen (secondary N) is 1. The predicted octanol–water partition coefficient (Wildman–Crippen LogP) is 3.35. The molecule has 0 saturated heterocycles. The van der Waals surface area contributed by atoms with Gasteiger partial charge in [-0.1, -0.05) is 6.07 Å². The molecule has 0 spiro atoms. The number of rotatable bonds is 3. The number of aromatic nitrogens is 1. The minimum absolute atomic E-state index is 0.213. The topological polar surface area (TPSA) is 38.1 Å². The summed E-state index contributed by atoms with van der Waals surface area (Å²) in [5.74, 6) is 1.22. The van der Waals surface area contributed by atoms with Gasteiger partial charge in [-0.25, -0.2) is 9.37 Å². The molecular weight excluding hydrogens is 219 g/mol. The molecule has 4 heteroatoms. The third-order valence-electron chi connectivity index (χ3n) is 2.69. The molecule has 0 fully saturated rings. The Morgan fingerprint density at radius 1 is 1.29 bits per heavy atom. The molecule has 0 aliphatic carbocycles. The third kappa shape index (κ3) is 2.64. The first-order chi connectivity index (χ1) is 8.06. The molecular formula is C13H15FN2O. The van der Waals surface area contributed by atoms with Gasteiger partial charge in [-0.15, -0.1) is 0 Å². The maximum atomic E-state index is 13.3. The summed E-state index contributed by atoms with van der Waals surface area (Å²) in [6.07, 6.45) is 0. The van der Waals surface area contributed by atoms with Crippen LogP contribution in [0.25, 0.3) is 0 Å². The summed E-state index contributed by atoms with van der Waals surface area (Å²) in [6.45, 7) is 5.96. The second kappa shape index (κ2) is 4.57. The Morgan fingerprint density at radius 2 is 2.06 bits per heavy atom. The Kier molecular flexibility index (Phi) is 3.13. The van der Waals surface area contributed by atoms with Crippen molar-refractivity contribution in [3.8, 4) is 0 Å². The van der Waals surface area contributed by atoms with E-state index in [4.69, 9.17) is 4.42 Å². The number of hydrogen-bond donors (Lipinski definition) is 1. The molecule has 2 rings (SSSR count). The molecule has 1 N–H and O–H groups in total. The first-order valence-electron chi connectivity index (χ1n) is 5.49.